The summed E-state index contributed by atoms with van der Waals surface area (Å²) in [6, 6.07) is -0.747. The van der Waals surface area contributed by atoms with E-state index < -0.39 is 12.0 Å². The van der Waals surface area contributed by atoms with Crippen molar-refractivity contribution in [3.05, 3.63) is 0 Å². The zero-order valence-electron chi connectivity index (χ0n) is 8.84. The summed E-state index contributed by atoms with van der Waals surface area (Å²) in [5.41, 5.74) is 0. The Morgan fingerprint density at radius 2 is 2.07 bits per heavy atom. The number of aliphatic carboxylic acids is 1. The molecule has 5 nitrogen and oxygen atoms in total. The maximum absolute atomic E-state index is 11.4. The molecular weight excluding hydrogens is 198 g/mol. The highest BCUT2D eigenvalue weighted by Crippen LogP contribution is 2.36. The zero-order valence-corrected chi connectivity index (χ0v) is 8.84. The van der Waals surface area contributed by atoms with Crippen LogP contribution in [0.3, 0.4) is 0 Å². The van der Waals surface area contributed by atoms with E-state index in [1.807, 2.05) is 6.92 Å². The summed E-state index contributed by atoms with van der Waals surface area (Å²) in [6.45, 7) is 3.37. The second-order valence-electron chi connectivity index (χ2n) is 4.30. The molecule has 0 aromatic carbocycles. The number of carboxylic acids is 1. The molecule has 0 radical (unpaired) electrons. The van der Waals surface area contributed by atoms with E-state index >= 15 is 0 Å². The van der Waals surface area contributed by atoms with Crippen LogP contribution >= 0.6 is 0 Å². The van der Waals surface area contributed by atoms with E-state index in [0.29, 0.717) is 6.42 Å². The molecule has 5 heteroatoms. The largest absolute Gasteiger partial charge is 0.480 e. The van der Waals surface area contributed by atoms with Crippen LogP contribution in [0.4, 0.5) is 0 Å². The van der Waals surface area contributed by atoms with Crippen LogP contribution in [0.1, 0.15) is 26.7 Å². The minimum Gasteiger partial charge on any atom is -0.480 e. The van der Waals surface area contributed by atoms with E-state index in [-0.39, 0.29) is 24.2 Å². The number of fused-ring (bicyclic) bond motifs is 1. The first-order chi connectivity index (χ1) is 7.00. The van der Waals surface area contributed by atoms with Crippen molar-refractivity contribution < 1.29 is 19.4 Å². The fourth-order valence-electron chi connectivity index (χ4n) is 2.68. The van der Waals surface area contributed by atoms with Gasteiger partial charge in [-0.1, -0.05) is 0 Å². The predicted molar refractivity (Wildman–Crippen MR) is 51.3 cm³/mol. The summed E-state index contributed by atoms with van der Waals surface area (Å²) in [5.74, 6) is -1.11. The zero-order chi connectivity index (χ0) is 11.2. The van der Waals surface area contributed by atoms with Crippen molar-refractivity contribution >= 4 is 11.9 Å². The summed E-state index contributed by atoms with van der Waals surface area (Å²) in [6.07, 6.45) is 1.19. The summed E-state index contributed by atoms with van der Waals surface area (Å²) in [4.78, 5) is 23.9. The average molecular weight is 213 g/mol. The smallest absolute Gasteiger partial charge is 0.326 e. The lowest BCUT2D eigenvalue weighted by Gasteiger charge is -2.25. The van der Waals surface area contributed by atoms with Crippen molar-refractivity contribution in [1.82, 2.24) is 4.90 Å². The second-order valence-corrected chi connectivity index (χ2v) is 4.30. The van der Waals surface area contributed by atoms with Gasteiger partial charge < -0.3 is 14.7 Å². The Morgan fingerprint density at radius 3 is 2.60 bits per heavy atom. The Kier molecular flexibility index (Phi) is 2.42. The van der Waals surface area contributed by atoms with Gasteiger partial charge in [-0.2, -0.15) is 0 Å². The highest BCUT2D eigenvalue weighted by molar-refractivity contribution is 5.83. The first kappa shape index (κ1) is 10.4. The molecule has 1 N–H and O–H groups in total. The fourth-order valence-corrected chi connectivity index (χ4v) is 2.68. The summed E-state index contributed by atoms with van der Waals surface area (Å²) >= 11 is 0. The third-order valence-electron chi connectivity index (χ3n) is 3.21. The Hall–Kier alpha value is -1.10. The van der Waals surface area contributed by atoms with Crippen molar-refractivity contribution in [2.75, 3.05) is 0 Å². The van der Waals surface area contributed by atoms with E-state index in [9.17, 15) is 9.59 Å². The van der Waals surface area contributed by atoms with Crippen molar-refractivity contribution in [2.45, 2.75) is 51.0 Å². The van der Waals surface area contributed by atoms with E-state index in [0.717, 1.165) is 6.42 Å². The molecule has 1 amide bonds. The number of carbonyl (C=O) groups is 2. The molecule has 2 fully saturated rings. The molecule has 2 rings (SSSR count). The van der Waals surface area contributed by atoms with Gasteiger partial charge >= 0.3 is 5.97 Å². The molecule has 15 heavy (non-hydrogen) atoms. The molecule has 2 heterocycles. The highest BCUT2D eigenvalue weighted by atomic mass is 16.5. The molecule has 4 unspecified atom stereocenters. The average Bonchev–Trinajstić information content (AvgIpc) is 2.58. The quantitative estimate of drug-likeness (QED) is 0.677. The van der Waals surface area contributed by atoms with Crippen molar-refractivity contribution in [2.24, 2.45) is 0 Å². The lowest BCUT2D eigenvalue weighted by Crippen LogP contribution is -2.44. The lowest BCUT2D eigenvalue weighted by molar-refractivity contribution is -0.148. The maximum Gasteiger partial charge on any atom is 0.326 e. The first-order valence-corrected chi connectivity index (χ1v) is 5.18. The molecule has 2 saturated heterocycles. The topological polar surface area (TPSA) is 66.8 Å². The van der Waals surface area contributed by atoms with Gasteiger partial charge in [0.05, 0.1) is 18.2 Å². The molecule has 2 aliphatic heterocycles. The van der Waals surface area contributed by atoms with Crippen molar-refractivity contribution in [3.63, 3.8) is 0 Å². The van der Waals surface area contributed by atoms with Crippen molar-refractivity contribution in [1.29, 1.82) is 0 Å². The predicted octanol–water partition coefficient (Wildman–Crippen LogP) is 0.238. The number of nitrogens with zero attached hydrogens (tertiary/aromatic N) is 1. The fraction of sp³-hybridized carbons (Fsp3) is 0.800. The van der Waals surface area contributed by atoms with E-state index in [2.05, 4.69) is 0 Å². The van der Waals surface area contributed by atoms with Crippen LogP contribution in [0, 0.1) is 0 Å². The van der Waals surface area contributed by atoms with Crippen LogP contribution in [-0.4, -0.2) is 46.2 Å². The number of hydrogen-bond acceptors (Lipinski definition) is 3. The monoisotopic (exact) mass is 213 g/mol. The third kappa shape index (κ3) is 1.61. The van der Waals surface area contributed by atoms with Gasteiger partial charge in [0.2, 0.25) is 5.91 Å². The van der Waals surface area contributed by atoms with E-state index in [1.54, 1.807) is 0 Å². The van der Waals surface area contributed by atoms with Gasteiger partial charge in [0.15, 0.2) is 0 Å². The van der Waals surface area contributed by atoms with Crippen LogP contribution in [0.15, 0.2) is 0 Å². The maximum atomic E-state index is 11.4. The molecule has 0 bridgehead atoms. The van der Waals surface area contributed by atoms with Gasteiger partial charge in [0, 0.05) is 13.3 Å². The SMILES string of the molecule is CC(=O)N1C(C(=O)O)CC2OC(C)CC21. The van der Waals surface area contributed by atoms with Gasteiger partial charge in [-0.3, -0.25) is 4.79 Å². The van der Waals surface area contributed by atoms with E-state index in [4.69, 9.17) is 9.84 Å². The van der Waals surface area contributed by atoms with Crippen LogP contribution in [-0.2, 0) is 14.3 Å². The minimum atomic E-state index is -0.934. The molecule has 0 saturated carbocycles. The number of hydrogen-bond donors (Lipinski definition) is 1. The number of ether oxygens (including phenoxy) is 1. The van der Waals surface area contributed by atoms with Gasteiger partial charge in [0.1, 0.15) is 6.04 Å². The van der Waals surface area contributed by atoms with Crippen LogP contribution < -0.4 is 0 Å². The van der Waals surface area contributed by atoms with Gasteiger partial charge in [-0.15, -0.1) is 0 Å². The number of likely N-dealkylation sites (tertiary alicyclic amines) is 1. The Balaban J connectivity index is 2.21. The molecule has 0 aromatic heterocycles. The van der Waals surface area contributed by atoms with E-state index in [1.165, 1.54) is 11.8 Å². The van der Waals surface area contributed by atoms with Crippen molar-refractivity contribution in [3.8, 4) is 0 Å². The van der Waals surface area contributed by atoms with Crippen LogP contribution in [0.2, 0.25) is 0 Å². The molecule has 0 aromatic rings. The normalized spacial score (nSPS) is 39.2. The number of carbonyl (C=O) groups excluding carboxylic acids is 1. The molecule has 2 aliphatic rings. The second kappa shape index (κ2) is 3.48. The summed E-state index contributed by atoms with van der Waals surface area (Å²) < 4.78 is 5.59. The summed E-state index contributed by atoms with van der Waals surface area (Å²) in [5, 5.41) is 9.00. The third-order valence-corrected chi connectivity index (χ3v) is 3.21. The molecule has 84 valence electrons. The standard InChI is InChI=1S/C10H15NO4/c1-5-3-7-9(15-5)4-8(10(13)14)11(7)6(2)12/h5,7-9H,3-4H2,1-2H3,(H,13,14). The number of amides is 1. The molecular formula is C10H15NO4. The lowest BCUT2D eigenvalue weighted by atomic mass is 10.1. The van der Waals surface area contributed by atoms with Gasteiger partial charge in [-0.25, -0.2) is 4.79 Å². The Morgan fingerprint density at radius 1 is 1.40 bits per heavy atom. The van der Waals surface area contributed by atoms with Crippen LogP contribution in [0.5, 0.6) is 0 Å². The highest BCUT2D eigenvalue weighted by Gasteiger charge is 2.50. The number of carboxylic acid groups (broad SMARTS) is 1. The summed E-state index contributed by atoms with van der Waals surface area (Å²) in [7, 11) is 0. The Labute approximate surface area is 88.0 Å². The molecule has 0 aliphatic carbocycles. The number of rotatable bonds is 1. The van der Waals surface area contributed by atoms with Gasteiger partial charge in [0.25, 0.3) is 0 Å². The van der Waals surface area contributed by atoms with Crippen LogP contribution in [0.25, 0.3) is 0 Å². The van der Waals surface area contributed by atoms with Gasteiger partial charge in [-0.05, 0) is 13.3 Å². The Bertz CT molecular complexity index is 304. The first-order valence-electron chi connectivity index (χ1n) is 5.18. The molecule has 0 spiro atoms. The molecule has 4 atom stereocenters. The minimum absolute atomic E-state index is 0.0430.